The predicted molar refractivity (Wildman–Crippen MR) is 64.3 cm³/mol. The minimum absolute atomic E-state index is 0.0320. The van der Waals surface area contributed by atoms with Crippen molar-refractivity contribution in [3.63, 3.8) is 0 Å². The first-order chi connectivity index (χ1) is 7.02. The predicted octanol–water partition coefficient (Wildman–Crippen LogP) is 4.11. The Hall–Kier alpha value is -0.650. The summed E-state index contributed by atoms with van der Waals surface area (Å²) in [5.41, 5.74) is 1.81. The molecule has 0 fully saturated rings. The van der Waals surface area contributed by atoms with Crippen molar-refractivity contribution in [1.29, 1.82) is 5.26 Å². The molecule has 0 aromatic heterocycles. The molecule has 0 aliphatic carbocycles. The summed E-state index contributed by atoms with van der Waals surface area (Å²) >= 11 is 8.18. The number of rotatable bonds is 0. The third kappa shape index (κ3) is 2.14. The molecule has 78 valence electrons. The van der Waals surface area contributed by atoms with Crippen molar-refractivity contribution in [3.8, 4) is 6.07 Å². The molecule has 1 aromatic carbocycles. The normalized spacial score (nSPS) is 22.9. The second-order valence-electron chi connectivity index (χ2n) is 4.40. The van der Waals surface area contributed by atoms with Crippen molar-refractivity contribution in [1.82, 2.24) is 0 Å². The number of hydrogen-bond acceptors (Lipinski definition) is 2. The van der Waals surface area contributed by atoms with E-state index in [-0.39, 0.29) is 10.1 Å². The van der Waals surface area contributed by atoms with Crippen LogP contribution in [-0.2, 0) is 0 Å². The molecule has 2 rings (SSSR count). The molecule has 0 bridgehead atoms. The summed E-state index contributed by atoms with van der Waals surface area (Å²) in [5.74, 6) is 0. The molecule has 15 heavy (non-hydrogen) atoms. The summed E-state index contributed by atoms with van der Waals surface area (Å²) in [6.45, 7) is 4.41. The molecule has 1 heterocycles. The van der Waals surface area contributed by atoms with Crippen LogP contribution in [0.3, 0.4) is 0 Å². The van der Waals surface area contributed by atoms with E-state index in [9.17, 15) is 0 Å². The van der Waals surface area contributed by atoms with Crippen LogP contribution < -0.4 is 0 Å². The highest BCUT2D eigenvalue weighted by molar-refractivity contribution is 8.00. The van der Waals surface area contributed by atoms with Crippen molar-refractivity contribution in [2.75, 3.05) is 0 Å². The van der Waals surface area contributed by atoms with Crippen molar-refractivity contribution in [2.24, 2.45) is 0 Å². The van der Waals surface area contributed by atoms with E-state index in [4.69, 9.17) is 16.9 Å². The molecule has 0 radical (unpaired) electrons. The van der Waals surface area contributed by atoms with Crippen LogP contribution in [0.2, 0.25) is 0 Å². The van der Waals surface area contributed by atoms with Gasteiger partial charge in [0.25, 0.3) is 0 Å². The van der Waals surface area contributed by atoms with Gasteiger partial charge in [0.1, 0.15) is 0 Å². The molecule has 1 nitrogen and oxygen atoms in total. The Labute approximate surface area is 99.4 Å². The summed E-state index contributed by atoms with van der Waals surface area (Å²) in [5, 5.41) is 8.86. The average Bonchev–Trinajstić information content (AvgIpc) is 2.15. The summed E-state index contributed by atoms with van der Waals surface area (Å²) in [7, 11) is 0. The number of fused-ring (bicyclic) bond motifs is 1. The van der Waals surface area contributed by atoms with Gasteiger partial charge < -0.3 is 0 Å². The highest BCUT2D eigenvalue weighted by atomic mass is 35.5. The second kappa shape index (κ2) is 3.73. The smallest absolute Gasteiger partial charge is 0.0991 e. The summed E-state index contributed by atoms with van der Waals surface area (Å²) in [6, 6.07) is 7.93. The summed E-state index contributed by atoms with van der Waals surface area (Å²) in [4.78, 5) is 1.21. The monoisotopic (exact) mass is 237 g/mol. The largest absolute Gasteiger partial charge is 0.192 e. The fraction of sp³-hybridized carbons (Fsp3) is 0.417. The Morgan fingerprint density at radius 1 is 1.53 bits per heavy atom. The summed E-state index contributed by atoms with van der Waals surface area (Å²) in [6.07, 6.45) is 0.946. The Morgan fingerprint density at radius 3 is 2.93 bits per heavy atom. The number of nitrogens with zero attached hydrogens (tertiary/aromatic N) is 1. The van der Waals surface area contributed by atoms with Gasteiger partial charge in [0.15, 0.2) is 0 Å². The minimum atomic E-state index is 0.0320. The van der Waals surface area contributed by atoms with E-state index in [0.29, 0.717) is 5.56 Å². The maximum Gasteiger partial charge on any atom is 0.0991 e. The lowest BCUT2D eigenvalue weighted by molar-refractivity contribution is 0.607. The Kier molecular flexibility index (Phi) is 2.70. The number of thioether (sulfide) groups is 1. The first-order valence-corrected chi connectivity index (χ1v) is 6.14. The van der Waals surface area contributed by atoms with E-state index in [0.717, 1.165) is 12.0 Å². The van der Waals surface area contributed by atoms with Gasteiger partial charge in [-0.05, 0) is 30.2 Å². The van der Waals surface area contributed by atoms with Crippen LogP contribution in [0.1, 0.15) is 36.8 Å². The fourth-order valence-corrected chi connectivity index (χ4v) is 3.86. The quantitative estimate of drug-likeness (QED) is 0.634. The first kappa shape index (κ1) is 10.9. The Morgan fingerprint density at radius 2 is 2.27 bits per heavy atom. The maximum absolute atomic E-state index is 8.83. The molecule has 0 amide bonds. The SMILES string of the molecule is CC1(C)CC(Cl)c2cc(C#N)ccc2S1. The molecule has 1 unspecified atom stereocenters. The van der Waals surface area contributed by atoms with Gasteiger partial charge in [-0.2, -0.15) is 5.26 Å². The molecular weight excluding hydrogens is 226 g/mol. The zero-order valence-electron chi connectivity index (χ0n) is 8.75. The van der Waals surface area contributed by atoms with Gasteiger partial charge in [-0.15, -0.1) is 23.4 Å². The van der Waals surface area contributed by atoms with Crippen LogP contribution in [-0.4, -0.2) is 4.75 Å². The Bertz CT molecular complexity index is 434. The van der Waals surface area contributed by atoms with Crippen LogP contribution in [0, 0.1) is 11.3 Å². The van der Waals surface area contributed by atoms with Gasteiger partial charge in [-0.3, -0.25) is 0 Å². The molecule has 3 heteroatoms. The molecule has 1 aliphatic rings. The lowest BCUT2D eigenvalue weighted by Crippen LogP contribution is -2.21. The lowest BCUT2D eigenvalue weighted by Gasteiger charge is -2.33. The first-order valence-electron chi connectivity index (χ1n) is 4.89. The topological polar surface area (TPSA) is 23.8 Å². The van der Waals surface area contributed by atoms with Gasteiger partial charge >= 0.3 is 0 Å². The van der Waals surface area contributed by atoms with Crippen molar-refractivity contribution in [2.45, 2.75) is 35.3 Å². The van der Waals surface area contributed by atoms with E-state index in [1.807, 2.05) is 30.0 Å². The fourth-order valence-electron chi connectivity index (χ4n) is 1.84. The highest BCUT2D eigenvalue weighted by Gasteiger charge is 2.31. The van der Waals surface area contributed by atoms with Gasteiger partial charge in [0, 0.05) is 9.64 Å². The number of halogens is 1. The van der Waals surface area contributed by atoms with E-state index in [2.05, 4.69) is 19.9 Å². The van der Waals surface area contributed by atoms with Gasteiger partial charge in [-0.25, -0.2) is 0 Å². The van der Waals surface area contributed by atoms with E-state index in [1.165, 1.54) is 4.90 Å². The molecular formula is C12H12ClNS. The van der Waals surface area contributed by atoms with E-state index in [1.54, 1.807) is 0 Å². The van der Waals surface area contributed by atoms with Gasteiger partial charge in [-0.1, -0.05) is 13.8 Å². The van der Waals surface area contributed by atoms with Crippen molar-refractivity contribution < 1.29 is 0 Å². The van der Waals surface area contributed by atoms with E-state index >= 15 is 0 Å². The Balaban J connectivity index is 2.47. The lowest BCUT2D eigenvalue weighted by atomic mass is 9.99. The van der Waals surface area contributed by atoms with Gasteiger partial charge in [0.05, 0.1) is 17.0 Å². The standard InChI is InChI=1S/C12H12ClNS/c1-12(2)6-10(13)9-5-8(7-14)3-4-11(9)15-12/h3-5,10H,6H2,1-2H3. The van der Waals surface area contributed by atoms with Crippen molar-refractivity contribution >= 4 is 23.4 Å². The molecule has 0 spiro atoms. The molecule has 0 saturated carbocycles. The number of hydrogen-bond donors (Lipinski definition) is 0. The average molecular weight is 238 g/mol. The molecule has 0 N–H and O–H groups in total. The molecule has 1 aromatic rings. The number of benzene rings is 1. The molecule has 1 aliphatic heterocycles. The van der Waals surface area contributed by atoms with Crippen molar-refractivity contribution in [3.05, 3.63) is 29.3 Å². The minimum Gasteiger partial charge on any atom is -0.192 e. The molecule has 0 saturated heterocycles. The number of nitriles is 1. The third-order valence-electron chi connectivity index (χ3n) is 2.53. The maximum atomic E-state index is 8.83. The summed E-state index contributed by atoms with van der Waals surface area (Å²) < 4.78 is 0.188. The van der Waals surface area contributed by atoms with Gasteiger partial charge in [0.2, 0.25) is 0 Å². The number of alkyl halides is 1. The zero-order valence-corrected chi connectivity index (χ0v) is 10.3. The highest BCUT2D eigenvalue weighted by Crippen LogP contribution is 2.49. The van der Waals surface area contributed by atoms with Crippen LogP contribution in [0.15, 0.2) is 23.1 Å². The van der Waals surface area contributed by atoms with E-state index < -0.39 is 0 Å². The van der Waals surface area contributed by atoms with Crippen LogP contribution in [0.4, 0.5) is 0 Å². The van der Waals surface area contributed by atoms with Crippen LogP contribution in [0.5, 0.6) is 0 Å². The molecule has 1 atom stereocenters. The van der Waals surface area contributed by atoms with Crippen LogP contribution >= 0.6 is 23.4 Å². The zero-order chi connectivity index (χ0) is 11.1. The third-order valence-corrected chi connectivity index (χ3v) is 4.23. The van der Waals surface area contributed by atoms with Crippen LogP contribution in [0.25, 0.3) is 0 Å². The second-order valence-corrected chi connectivity index (χ2v) is 6.67.